The lowest BCUT2D eigenvalue weighted by Gasteiger charge is -2.31. The number of nitrogens with one attached hydrogen (secondary N) is 1. The van der Waals surface area contributed by atoms with E-state index in [1.54, 1.807) is 23.8 Å². The van der Waals surface area contributed by atoms with E-state index >= 15 is 0 Å². The van der Waals surface area contributed by atoms with Crippen molar-refractivity contribution < 1.29 is 4.79 Å². The Morgan fingerprint density at radius 2 is 1.76 bits per heavy atom. The van der Waals surface area contributed by atoms with Crippen molar-refractivity contribution in [2.24, 2.45) is 0 Å². The van der Waals surface area contributed by atoms with Crippen LogP contribution in [0.5, 0.6) is 0 Å². The second-order valence-electron chi connectivity index (χ2n) is 7.20. The van der Waals surface area contributed by atoms with E-state index in [0.717, 1.165) is 13.1 Å². The molecule has 0 radical (unpaired) electrons. The van der Waals surface area contributed by atoms with Gasteiger partial charge in [0.15, 0.2) is 10.8 Å². The highest BCUT2D eigenvalue weighted by molar-refractivity contribution is 7.13. The topological polar surface area (TPSA) is 71.0 Å². The van der Waals surface area contributed by atoms with E-state index in [1.807, 2.05) is 6.07 Å². The molecule has 1 saturated heterocycles. The lowest BCUT2D eigenvalue weighted by atomic mass is 10.0. The first-order valence-electron chi connectivity index (χ1n) is 10.1. The molecule has 2 aromatic heterocycles. The summed E-state index contributed by atoms with van der Waals surface area (Å²) in [6.45, 7) is 2.71. The summed E-state index contributed by atoms with van der Waals surface area (Å²) in [5.41, 5.74) is 1.66. The molecule has 0 unspecified atom stereocenters. The molecule has 29 heavy (non-hydrogen) atoms. The molecule has 1 fully saturated rings. The molecule has 0 saturated carbocycles. The maximum Gasteiger partial charge on any atom is 0.270 e. The number of carbonyl (C=O) groups excluding carboxylic acids is 1. The molecule has 1 atom stereocenters. The molecule has 0 spiro atoms. The molecule has 3 aromatic rings. The number of benzene rings is 1. The fourth-order valence-corrected chi connectivity index (χ4v) is 4.45. The third kappa shape index (κ3) is 5.05. The largest absolute Gasteiger partial charge is 0.349 e. The quantitative estimate of drug-likeness (QED) is 0.670. The van der Waals surface area contributed by atoms with Gasteiger partial charge in [-0.3, -0.25) is 9.69 Å². The van der Waals surface area contributed by atoms with Crippen LogP contribution in [0.25, 0.3) is 10.8 Å². The first kappa shape index (κ1) is 19.7. The second kappa shape index (κ2) is 9.71. The molecule has 150 valence electrons. The fraction of sp³-hybridized carbons (Fsp3) is 0.364. The van der Waals surface area contributed by atoms with Crippen LogP contribution in [0, 0.1) is 0 Å². The van der Waals surface area contributed by atoms with Crippen molar-refractivity contribution in [3.63, 3.8) is 0 Å². The monoisotopic (exact) mass is 407 g/mol. The van der Waals surface area contributed by atoms with Crippen LogP contribution in [-0.2, 0) is 0 Å². The average Bonchev–Trinajstić information content (AvgIpc) is 3.12. The molecule has 1 aromatic carbocycles. The maximum absolute atomic E-state index is 12.7. The summed E-state index contributed by atoms with van der Waals surface area (Å²) in [4.78, 5) is 28.1. The van der Waals surface area contributed by atoms with Gasteiger partial charge in [-0.1, -0.05) is 43.2 Å². The van der Waals surface area contributed by atoms with Crippen molar-refractivity contribution in [1.29, 1.82) is 0 Å². The summed E-state index contributed by atoms with van der Waals surface area (Å²) in [5, 5.41) is 5.53. The molecule has 3 heterocycles. The summed E-state index contributed by atoms with van der Waals surface area (Å²) in [7, 11) is 0. The Bertz CT molecular complexity index is 907. The minimum atomic E-state index is -0.154. The number of hydrogen-bond donors (Lipinski definition) is 1. The van der Waals surface area contributed by atoms with Crippen LogP contribution in [-0.4, -0.2) is 45.4 Å². The molecular formula is C22H25N5OS. The van der Waals surface area contributed by atoms with Crippen molar-refractivity contribution in [3.05, 3.63) is 65.4 Å². The van der Waals surface area contributed by atoms with Crippen LogP contribution in [0.3, 0.4) is 0 Å². The summed E-state index contributed by atoms with van der Waals surface area (Å²) in [5.74, 6) is 0.391. The van der Waals surface area contributed by atoms with Crippen molar-refractivity contribution >= 4 is 17.2 Å². The number of thiazole rings is 1. The second-order valence-corrected chi connectivity index (χ2v) is 8.06. The van der Waals surface area contributed by atoms with Crippen LogP contribution < -0.4 is 5.32 Å². The number of amides is 1. The Morgan fingerprint density at radius 1 is 1.03 bits per heavy atom. The van der Waals surface area contributed by atoms with E-state index in [0.29, 0.717) is 23.1 Å². The Kier molecular flexibility index (Phi) is 6.59. The number of nitrogens with zero attached hydrogens (tertiary/aromatic N) is 4. The van der Waals surface area contributed by atoms with E-state index in [-0.39, 0.29) is 11.9 Å². The molecule has 4 rings (SSSR count). The van der Waals surface area contributed by atoms with Crippen molar-refractivity contribution in [3.8, 4) is 10.8 Å². The predicted molar refractivity (Wildman–Crippen MR) is 115 cm³/mol. The highest BCUT2D eigenvalue weighted by Gasteiger charge is 2.23. The zero-order valence-corrected chi connectivity index (χ0v) is 17.1. The Morgan fingerprint density at radius 3 is 2.48 bits per heavy atom. The SMILES string of the molecule is O=C(NC[C@@H](c1ccccc1)N1CCCCCC1)c1csc(-c2ncccn2)n1. The smallest absolute Gasteiger partial charge is 0.270 e. The normalized spacial score (nSPS) is 16.1. The Hall–Kier alpha value is -2.64. The zero-order chi connectivity index (χ0) is 19.9. The van der Waals surface area contributed by atoms with Crippen LogP contribution >= 0.6 is 11.3 Å². The van der Waals surface area contributed by atoms with E-state index in [1.165, 1.54) is 42.6 Å². The molecule has 6 nitrogen and oxygen atoms in total. The number of hydrogen-bond acceptors (Lipinski definition) is 6. The van der Waals surface area contributed by atoms with Gasteiger partial charge < -0.3 is 5.32 Å². The number of carbonyl (C=O) groups is 1. The predicted octanol–water partition coefficient (Wildman–Crippen LogP) is 3.95. The van der Waals surface area contributed by atoms with E-state index in [4.69, 9.17) is 0 Å². The van der Waals surface area contributed by atoms with Gasteiger partial charge in [-0.05, 0) is 37.6 Å². The van der Waals surface area contributed by atoms with E-state index < -0.39 is 0 Å². The van der Waals surface area contributed by atoms with Crippen molar-refractivity contribution in [1.82, 2.24) is 25.2 Å². The number of rotatable bonds is 6. The Balaban J connectivity index is 1.45. The molecule has 0 aliphatic carbocycles. The molecule has 0 bridgehead atoms. The zero-order valence-electron chi connectivity index (χ0n) is 16.3. The first-order valence-corrected chi connectivity index (χ1v) is 11.0. The van der Waals surface area contributed by atoms with Crippen LogP contribution in [0.4, 0.5) is 0 Å². The summed E-state index contributed by atoms with van der Waals surface area (Å²) < 4.78 is 0. The van der Waals surface area contributed by atoms with Gasteiger partial charge in [0.1, 0.15) is 5.69 Å². The lowest BCUT2D eigenvalue weighted by Crippen LogP contribution is -2.38. The molecule has 1 aliphatic heterocycles. The molecule has 1 aliphatic rings. The van der Waals surface area contributed by atoms with Gasteiger partial charge in [0.2, 0.25) is 0 Å². The van der Waals surface area contributed by atoms with Crippen molar-refractivity contribution in [2.45, 2.75) is 31.7 Å². The number of aromatic nitrogens is 3. The summed E-state index contributed by atoms with van der Waals surface area (Å²) in [6.07, 6.45) is 8.35. The maximum atomic E-state index is 12.7. The van der Waals surface area contributed by atoms with Gasteiger partial charge >= 0.3 is 0 Å². The van der Waals surface area contributed by atoms with Crippen LogP contribution in [0.15, 0.2) is 54.2 Å². The molecule has 1 N–H and O–H groups in total. The highest BCUT2D eigenvalue weighted by Crippen LogP contribution is 2.24. The van der Waals surface area contributed by atoms with Gasteiger partial charge in [0, 0.05) is 24.3 Å². The van der Waals surface area contributed by atoms with Gasteiger partial charge in [-0.15, -0.1) is 11.3 Å². The van der Waals surface area contributed by atoms with Gasteiger partial charge in [-0.25, -0.2) is 15.0 Å². The third-order valence-electron chi connectivity index (χ3n) is 5.22. The Labute approximate surface area is 175 Å². The third-order valence-corrected chi connectivity index (χ3v) is 6.05. The molecule has 7 heteroatoms. The van der Waals surface area contributed by atoms with Gasteiger partial charge in [0.25, 0.3) is 5.91 Å². The standard InChI is InChI=1S/C22H25N5OS/c28-21(18-16-29-22(26-18)20-23-11-8-12-24-20)25-15-19(17-9-4-3-5-10-17)27-13-6-1-2-7-14-27/h3-5,8-12,16,19H,1-2,6-7,13-15H2,(H,25,28)/t19-/m0/s1. The fourth-order valence-electron chi connectivity index (χ4n) is 3.71. The van der Waals surface area contributed by atoms with Gasteiger partial charge in [-0.2, -0.15) is 0 Å². The van der Waals surface area contributed by atoms with Crippen LogP contribution in [0.1, 0.15) is 47.8 Å². The van der Waals surface area contributed by atoms with Crippen LogP contribution in [0.2, 0.25) is 0 Å². The molecular weight excluding hydrogens is 382 g/mol. The van der Waals surface area contributed by atoms with Crippen molar-refractivity contribution in [2.75, 3.05) is 19.6 Å². The first-order chi connectivity index (χ1) is 14.3. The summed E-state index contributed by atoms with van der Waals surface area (Å²) in [6, 6.07) is 12.4. The minimum Gasteiger partial charge on any atom is -0.349 e. The number of likely N-dealkylation sites (tertiary alicyclic amines) is 1. The summed E-state index contributed by atoms with van der Waals surface area (Å²) >= 11 is 1.39. The lowest BCUT2D eigenvalue weighted by molar-refractivity contribution is 0.0929. The van der Waals surface area contributed by atoms with E-state index in [2.05, 4.69) is 49.4 Å². The average molecular weight is 408 g/mol. The highest BCUT2D eigenvalue weighted by atomic mass is 32.1. The molecule has 1 amide bonds. The minimum absolute atomic E-state index is 0.154. The van der Waals surface area contributed by atoms with Gasteiger partial charge in [0.05, 0.1) is 6.04 Å². The van der Waals surface area contributed by atoms with E-state index in [9.17, 15) is 4.79 Å².